The molecule has 0 N–H and O–H groups in total. The minimum absolute atomic E-state index is 0.302. The van der Waals surface area contributed by atoms with Crippen LogP contribution >= 0.6 is 0 Å². The number of ketones is 1. The third-order valence-corrected chi connectivity index (χ3v) is 5.98. The standard InChI is InChI=1S/C19H24O2/c1-2-21-17-5-3-14(4-6-17)19(20)18-15-8-12-7-13(10-15)11-16(18)9-12/h3-6,12-13,15-16,18H,2,7-11H2,1H3. The molecule has 0 unspecified atom stereocenters. The summed E-state index contributed by atoms with van der Waals surface area (Å²) in [6, 6.07) is 7.79. The molecule has 1 aromatic carbocycles. The van der Waals surface area contributed by atoms with Crippen molar-refractivity contribution in [2.24, 2.45) is 29.6 Å². The van der Waals surface area contributed by atoms with Gasteiger partial charge in [0, 0.05) is 11.5 Å². The van der Waals surface area contributed by atoms with Gasteiger partial charge in [0.2, 0.25) is 0 Å². The molecule has 0 saturated heterocycles. The monoisotopic (exact) mass is 284 g/mol. The summed E-state index contributed by atoms with van der Waals surface area (Å²) in [5, 5.41) is 0. The van der Waals surface area contributed by atoms with Crippen molar-refractivity contribution >= 4 is 5.78 Å². The fourth-order valence-corrected chi connectivity index (χ4v) is 5.43. The van der Waals surface area contributed by atoms with E-state index in [9.17, 15) is 4.79 Å². The Morgan fingerprint density at radius 1 is 1.00 bits per heavy atom. The maximum Gasteiger partial charge on any atom is 0.166 e. The molecule has 0 radical (unpaired) electrons. The Morgan fingerprint density at radius 2 is 1.57 bits per heavy atom. The van der Waals surface area contributed by atoms with Crippen molar-refractivity contribution in [3.8, 4) is 5.75 Å². The molecule has 5 rings (SSSR count). The van der Waals surface area contributed by atoms with E-state index in [-0.39, 0.29) is 0 Å². The Hall–Kier alpha value is -1.31. The molecule has 0 amide bonds. The lowest BCUT2D eigenvalue weighted by Gasteiger charge is -2.53. The molecule has 4 bridgehead atoms. The van der Waals surface area contributed by atoms with Crippen molar-refractivity contribution < 1.29 is 9.53 Å². The first-order valence-electron chi connectivity index (χ1n) is 8.51. The number of rotatable bonds is 4. The van der Waals surface area contributed by atoms with Crippen molar-refractivity contribution in [3.63, 3.8) is 0 Å². The zero-order valence-corrected chi connectivity index (χ0v) is 12.8. The van der Waals surface area contributed by atoms with Gasteiger partial charge in [0.1, 0.15) is 5.75 Å². The quantitative estimate of drug-likeness (QED) is 0.769. The van der Waals surface area contributed by atoms with Gasteiger partial charge >= 0.3 is 0 Å². The Morgan fingerprint density at radius 3 is 2.10 bits per heavy atom. The van der Waals surface area contributed by atoms with Crippen molar-refractivity contribution in [1.82, 2.24) is 0 Å². The Bertz CT molecular complexity index is 503. The fourth-order valence-electron chi connectivity index (χ4n) is 5.43. The van der Waals surface area contributed by atoms with E-state index in [0.29, 0.717) is 30.1 Å². The molecule has 1 aromatic rings. The lowest BCUT2D eigenvalue weighted by atomic mass is 9.51. The van der Waals surface area contributed by atoms with Crippen LogP contribution in [0.2, 0.25) is 0 Å². The van der Waals surface area contributed by atoms with Crippen molar-refractivity contribution in [2.45, 2.75) is 39.0 Å². The molecule has 4 saturated carbocycles. The first-order chi connectivity index (χ1) is 10.2. The molecule has 2 heteroatoms. The van der Waals surface area contributed by atoms with E-state index in [0.717, 1.165) is 23.1 Å². The molecule has 4 fully saturated rings. The van der Waals surface area contributed by atoms with Gasteiger partial charge in [-0.1, -0.05) is 0 Å². The summed E-state index contributed by atoms with van der Waals surface area (Å²) in [5.41, 5.74) is 0.885. The lowest BCUT2D eigenvalue weighted by molar-refractivity contribution is -0.0251. The second-order valence-corrected chi connectivity index (χ2v) is 7.28. The van der Waals surface area contributed by atoms with Crippen LogP contribution in [0.4, 0.5) is 0 Å². The topological polar surface area (TPSA) is 26.3 Å². The summed E-state index contributed by atoms with van der Waals surface area (Å²) in [7, 11) is 0. The van der Waals surface area contributed by atoms with Gasteiger partial charge in [-0.25, -0.2) is 0 Å². The van der Waals surface area contributed by atoms with E-state index >= 15 is 0 Å². The molecule has 2 nitrogen and oxygen atoms in total. The van der Waals surface area contributed by atoms with Crippen molar-refractivity contribution in [2.75, 3.05) is 6.61 Å². The summed E-state index contributed by atoms with van der Waals surface area (Å²) in [6.07, 6.45) is 6.67. The first-order valence-corrected chi connectivity index (χ1v) is 8.51. The predicted octanol–water partition coefficient (Wildman–Crippen LogP) is 4.34. The zero-order chi connectivity index (χ0) is 14.4. The van der Waals surface area contributed by atoms with Gasteiger partial charge in [0.15, 0.2) is 5.78 Å². The molecule has 4 aliphatic rings. The Kier molecular flexibility index (Phi) is 3.28. The average Bonchev–Trinajstić information content (AvgIpc) is 2.47. The molecule has 0 atom stereocenters. The summed E-state index contributed by atoms with van der Waals surface area (Å²) in [6.45, 7) is 2.65. The summed E-state index contributed by atoms with van der Waals surface area (Å²) in [5.74, 6) is 4.75. The molecule has 0 aliphatic heterocycles. The van der Waals surface area contributed by atoms with Gasteiger partial charge in [-0.15, -0.1) is 0 Å². The number of hydrogen-bond donors (Lipinski definition) is 0. The Labute approximate surface area is 126 Å². The summed E-state index contributed by atoms with van der Waals surface area (Å²) >= 11 is 0. The van der Waals surface area contributed by atoms with Gasteiger partial charge in [-0.05, 0) is 87.0 Å². The lowest BCUT2D eigenvalue weighted by Crippen LogP contribution is -2.48. The van der Waals surface area contributed by atoms with Crippen molar-refractivity contribution in [3.05, 3.63) is 29.8 Å². The van der Waals surface area contributed by atoms with Crippen LogP contribution in [0, 0.1) is 29.6 Å². The number of carbonyl (C=O) groups is 1. The van der Waals surface area contributed by atoms with Crippen LogP contribution in [-0.4, -0.2) is 12.4 Å². The molecule has 0 spiro atoms. The van der Waals surface area contributed by atoms with Gasteiger partial charge in [-0.2, -0.15) is 0 Å². The zero-order valence-electron chi connectivity index (χ0n) is 12.8. The van der Waals surface area contributed by atoms with Crippen LogP contribution in [0.25, 0.3) is 0 Å². The van der Waals surface area contributed by atoms with Crippen LogP contribution < -0.4 is 4.74 Å². The smallest absolute Gasteiger partial charge is 0.166 e. The van der Waals surface area contributed by atoms with E-state index in [2.05, 4.69) is 0 Å². The predicted molar refractivity (Wildman–Crippen MR) is 82.5 cm³/mol. The van der Waals surface area contributed by atoms with Gasteiger partial charge in [0.25, 0.3) is 0 Å². The van der Waals surface area contributed by atoms with Crippen LogP contribution in [0.3, 0.4) is 0 Å². The molecule has 21 heavy (non-hydrogen) atoms. The SMILES string of the molecule is CCOc1ccc(C(=O)C2C3CC4CC(C3)CC2C4)cc1. The summed E-state index contributed by atoms with van der Waals surface area (Å²) < 4.78 is 5.47. The highest BCUT2D eigenvalue weighted by atomic mass is 16.5. The maximum atomic E-state index is 13.0. The van der Waals surface area contributed by atoms with E-state index in [1.165, 1.54) is 32.1 Å². The summed E-state index contributed by atoms with van der Waals surface area (Å²) in [4.78, 5) is 13.0. The number of Topliss-reactive ketones (excluding diaryl/α,β-unsaturated/α-hetero) is 1. The van der Waals surface area contributed by atoms with Gasteiger partial charge < -0.3 is 4.74 Å². The highest BCUT2D eigenvalue weighted by Crippen LogP contribution is 2.57. The van der Waals surface area contributed by atoms with E-state index in [1.807, 2.05) is 31.2 Å². The first kappa shape index (κ1) is 13.4. The fraction of sp³-hybridized carbons (Fsp3) is 0.632. The number of hydrogen-bond acceptors (Lipinski definition) is 2. The Balaban J connectivity index is 1.54. The number of ether oxygens (including phenoxy) is 1. The van der Waals surface area contributed by atoms with Crippen LogP contribution in [0.5, 0.6) is 5.75 Å². The van der Waals surface area contributed by atoms with E-state index in [4.69, 9.17) is 4.74 Å². The molecular formula is C19H24O2. The highest BCUT2D eigenvalue weighted by molar-refractivity contribution is 5.98. The molecule has 0 heterocycles. The molecule has 4 aliphatic carbocycles. The largest absolute Gasteiger partial charge is 0.494 e. The minimum atomic E-state index is 0.302. The average molecular weight is 284 g/mol. The second kappa shape index (κ2) is 5.15. The molecule has 112 valence electrons. The number of carbonyl (C=O) groups excluding carboxylic acids is 1. The normalized spacial score (nSPS) is 36.7. The highest BCUT2D eigenvalue weighted by Gasteiger charge is 2.50. The third-order valence-electron chi connectivity index (χ3n) is 5.98. The van der Waals surface area contributed by atoms with E-state index < -0.39 is 0 Å². The second-order valence-electron chi connectivity index (χ2n) is 7.28. The van der Waals surface area contributed by atoms with E-state index in [1.54, 1.807) is 0 Å². The third kappa shape index (κ3) is 2.29. The molecular weight excluding hydrogens is 260 g/mol. The van der Waals surface area contributed by atoms with Gasteiger partial charge in [0.05, 0.1) is 6.61 Å². The minimum Gasteiger partial charge on any atom is -0.494 e. The molecule has 0 aromatic heterocycles. The van der Waals surface area contributed by atoms with Crippen LogP contribution in [0.15, 0.2) is 24.3 Å². The van der Waals surface area contributed by atoms with Gasteiger partial charge in [-0.3, -0.25) is 4.79 Å². The van der Waals surface area contributed by atoms with Crippen LogP contribution in [-0.2, 0) is 0 Å². The number of benzene rings is 1. The maximum absolute atomic E-state index is 13.0. The van der Waals surface area contributed by atoms with Crippen molar-refractivity contribution in [1.29, 1.82) is 0 Å². The van der Waals surface area contributed by atoms with Crippen LogP contribution in [0.1, 0.15) is 49.4 Å².